The zero-order chi connectivity index (χ0) is 15.1. The number of benzene rings is 2. The van der Waals surface area contributed by atoms with Gasteiger partial charge in [0.15, 0.2) is 0 Å². The smallest absolute Gasteiger partial charge is 0.251 e. The Morgan fingerprint density at radius 2 is 2.00 bits per heavy atom. The summed E-state index contributed by atoms with van der Waals surface area (Å²) in [6.07, 6.45) is 0.674. The van der Waals surface area contributed by atoms with Crippen molar-refractivity contribution in [3.63, 3.8) is 0 Å². The van der Waals surface area contributed by atoms with Crippen molar-refractivity contribution in [3.05, 3.63) is 70.8 Å². The fourth-order valence-electron chi connectivity index (χ4n) is 2.14. The number of hydrogen-bond acceptors (Lipinski definition) is 3. The van der Waals surface area contributed by atoms with Crippen LogP contribution in [0.2, 0.25) is 0 Å². The first-order chi connectivity index (χ1) is 10.2. The molecule has 0 fully saturated rings. The molecular weight excluding hydrogens is 262 g/mol. The zero-order valence-electron chi connectivity index (χ0n) is 11.7. The number of amides is 1. The van der Waals surface area contributed by atoms with Crippen molar-refractivity contribution in [1.29, 1.82) is 5.26 Å². The van der Waals surface area contributed by atoms with E-state index in [0.29, 0.717) is 30.6 Å². The summed E-state index contributed by atoms with van der Waals surface area (Å²) >= 11 is 0. The van der Waals surface area contributed by atoms with Crippen LogP contribution in [0.4, 0.5) is 0 Å². The van der Waals surface area contributed by atoms with E-state index in [2.05, 4.69) is 11.4 Å². The highest BCUT2D eigenvalue weighted by atomic mass is 16.1. The largest absolute Gasteiger partial charge is 0.348 e. The van der Waals surface area contributed by atoms with Gasteiger partial charge < -0.3 is 11.1 Å². The fourth-order valence-corrected chi connectivity index (χ4v) is 2.14. The van der Waals surface area contributed by atoms with Crippen molar-refractivity contribution >= 4 is 5.91 Å². The molecule has 4 heteroatoms. The highest BCUT2D eigenvalue weighted by molar-refractivity contribution is 5.95. The number of nitrogens with two attached hydrogens (primary N) is 1. The number of nitrogens with one attached hydrogen (secondary N) is 1. The van der Waals surface area contributed by atoms with Crippen LogP contribution in [0.5, 0.6) is 0 Å². The minimum absolute atomic E-state index is 0.124. The van der Waals surface area contributed by atoms with Gasteiger partial charge in [-0.05, 0) is 42.3 Å². The number of carbonyl (C=O) groups is 1. The molecule has 3 N–H and O–H groups in total. The van der Waals surface area contributed by atoms with Crippen LogP contribution in [0.3, 0.4) is 0 Å². The second kappa shape index (κ2) is 7.22. The summed E-state index contributed by atoms with van der Waals surface area (Å²) in [5, 5.41) is 11.7. The van der Waals surface area contributed by atoms with Gasteiger partial charge >= 0.3 is 0 Å². The van der Waals surface area contributed by atoms with E-state index >= 15 is 0 Å². The van der Waals surface area contributed by atoms with E-state index in [4.69, 9.17) is 11.0 Å². The van der Waals surface area contributed by atoms with Gasteiger partial charge in [0, 0.05) is 12.1 Å². The summed E-state index contributed by atoms with van der Waals surface area (Å²) in [5.41, 5.74) is 8.65. The number of nitrogens with zero attached hydrogens (tertiary/aromatic N) is 1. The van der Waals surface area contributed by atoms with E-state index < -0.39 is 0 Å². The minimum Gasteiger partial charge on any atom is -0.348 e. The Labute approximate surface area is 124 Å². The number of hydrogen-bond donors (Lipinski definition) is 2. The first-order valence-electron chi connectivity index (χ1n) is 6.80. The lowest BCUT2D eigenvalue weighted by Crippen LogP contribution is -2.24. The molecule has 1 amide bonds. The van der Waals surface area contributed by atoms with E-state index in [1.807, 2.05) is 30.3 Å². The molecule has 0 aliphatic heterocycles. The van der Waals surface area contributed by atoms with Gasteiger partial charge in [-0.1, -0.05) is 30.3 Å². The second-order valence-electron chi connectivity index (χ2n) is 4.69. The number of rotatable bonds is 5. The molecule has 0 unspecified atom stereocenters. The summed E-state index contributed by atoms with van der Waals surface area (Å²) in [4.78, 5) is 12.3. The third kappa shape index (κ3) is 3.91. The molecule has 0 radical (unpaired) electrons. The third-order valence-corrected chi connectivity index (χ3v) is 3.18. The standard InChI is InChI=1S/C17H17N3O/c18-9-8-15-6-1-2-7-16(15)17(21)20-12-14-5-3-4-13(10-14)11-19/h1-7,10H,8-9,12,18H2,(H,20,21). The highest BCUT2D eigenvalue weighted by Crippen LogP contribution is 2.10. The van der Waals surface area contributed by atoms with Crippen molar-refractivity contribution in [2.24, 2.45) is 5.73 Å². The van der Waals surface area contributed by atoms with Gasteiger partial charge in [0.1, 0.15) is 0 Å². The molecule has 2 aromatic rings. The van der Waals surface area contributed by atoms with Crippen LogP contribution in [-0.4, -0.2) is 12.5 Å². The summed E-state index contributed by atoms with van der Waals surface area (Å²) in [5.74, 6) is -0.124. The highest BCUT2D eigenvalue weighted by Gasteiger charge is 2.09. The van der Waals surface area contributed by atoms with Crippen molar-refractivity contribution in [3.8, 4) is 6.07 Å². The van der Waals surface area contributed by atoms with E-state index in [-0.39, 0.29) is 5.91 Å². The maximum Gasteiger partial charge on any atom is 0.251 e. The summed E-state index contributed by atoms with van der Waals surface area (Å²) < 4.78 is 0. The monoisotopic (exact) mass is 279 g/mol. The van der Waals surface area contributed by atoms with Gasteiger partial charge in [0.05, 0.1) is 11.6 Å². The topological polar surface area (TPSA) is 78.9 Å². The Morgan fingerprint density at radius 1 is 1.19 bits per heavy atom. The minimum atomic E-state index is -0.124. The van der Waals surface area contributed by atoms with Gasteiger partial charge in [-0.15, -0.1) is 0 Å². The average Bonchev–Trinajstić information content (AvgIpc) is 2.53. The van der Waals surface area contributed by atoms with E-state index in [1.165, 1.54) is 0 Å². The molecule has 106 valence electrons. The predicted octanol–water partition coefficient (Wildman–Crippen LogP) is 1.99. The summed E-state index contributed by atoms with van der Waals surface area (Å²) in [6, 6.07) is 16.7. The summed E-state index contributed by atoms with van der Waals surface area (Å²) in [7, 11) is 0. The normalized spacial score (nSPS) is 9.90. The average molecular weight is 279 g/mol. The molecule has 2 aromatic carbocycles. The van der Waals surface area contributed by atoms with E-state index in [1.54, 1.807) is 18.2 Å². The lowest BCUT2D eigenvalue weighted by atomic mass is 10.0. The van der Waals surface area contributed by atoms with Crippen LogP contribution in [0, 0.1) is 11.3 Å². The molecule has 0 aromatic heterocycles. The van der Waals surface area contributed by atoms with Gasteiger partial charge in [0.2, 0.25) is 0 Å². The first-order valence-corrected chi connectivity index (χ1v) is 6.80. The molecule has 0 atom stereocenters. The lowest BCUT2D eigenvalue weighted by molar-refractivity contribution is 0.0950. The second-order valence-corrected chi connectivity index (χ2v) is 4.69. The molecule has 4 nitrogen and oxygen atoms in total. The Morgan fingerprint density at radius 3 is 2.76 bits per heavy atom. The molecule has 0 bridgehead atoms. The quantitative estimate of drug-likeness (QED) is 0.878. The molecule has 0 aliphatic rings. The Balaban J connectivity index is 2.06. The van der Waals surface area contributed by atoms with Gasteiger partial charge in [-0.2, -0.15) is 5.26 Å². The molecule has 0 heterocycles. The van der Waals surface area contributed by atoms with Crippen molar-refractivity contribution < 1.29 is 4.79 Å². The molecule has 0 aliphatic carbocycles. The molecule has 0 saturated heterocycles. The lowest BCUT2D eigenvalue weighted by Gasteiger charge is -2.09. The van der Waals surface area contributed by atoms with Gasteiger partial charge in [-0.3, -0.25) is 4.79 Å². The van der Waals surface area contributed by atoms with Crippen molar-refractivity contribution in [2.45, 2.75) is 13.0 Å². The molecular formula is C17H17N3O. The van der Waals surface area contributed by atoms with Gasteiger partial charge in [0.25, 0.3) is 5.91 Å². The Bertz CT molecular complexity index is 674. The van der Waals surface area contributed by atoms with Gasteiger partial charge in [-0.25, -0.2) is 0 Å². The van der Waals surface area contributed by atoms with Crippen LogP contribution in [0.1, 0.15) is 27.0 Å². The number of nitriles is 1. The number of carbonyl (C=O) groups excluding carboxylic acids is 1. The maximum absolute atomic E-state index is 12.3. The third-order valence-electron chi connectivity index (χ3n) is 3.18. The van der Waals surface area contributed by atoms with Crippen LogP contribution in [0.15, 0.2) is 48.5 Å². The molecule has 2 rings (SSSR count). The Kier molecular flexibility index (Phi) is 5.08. The first kappa shape index (κ1) is 14.8. The van der Waals surface area contributed by atoms with Crippen LogP contribution >= 0.6 is 0 Å². The molecule has 0 saturated carbocycles. The van der Waals surface area contributed by atoms with Crippen molar-refractivity contribution in [1.82, 2.24) is 5.32 Å². The molecule has 0 spiro atoms. The Hall–Kier alpha value is -2.64. The maximum atomic E-state index is 12.3. The van der Waals surface area contributed by atoms with Crippen LogP contribution < -0.4 is 11.1 Å². The van der Waals surface area contributed by atoms with Crippen LogP contribution in [-0.2, 0) is 13.0 Å². The van der Waals surface area contributed by atoms with Crippen LogP contribution in [0.25, 0.3) is 0 Å². The zero-order valence-corrected chi connectivity index (χ0v) is 11.7. The van der Waals surface area contributed by atoms with Crippen molar-refractivity contribution in [2.75, 3.05) is 6.54 Å². The predicted molar refractivity (Wildman–Crippen MR) is 81.5 cm³/mol. The van der Waals surface area contributed by atoms with E-state index in [0.717, 1.165) is 11.1 Å². The SMILES string of the molecule is N#Cc1cccc(CNC(=O)c2ccccc2CCN)c1. The van der Waals surface area contributed by atoms with E-state index in [9.17, 15) is 4.79 Å². The summed E-state index contributed by atoms with van der Waals surface area (Å²) in [6.45, 7) is 0.903. The molecule has 21 heavy (non-hydrogen) atoms. The fraction of sp³-hybridized carbons (Fsp3) is 0.176.